The Kier molecular flexibility index (Phi) is 3.30. The highest BCUT2D eigenvalue weighted by Gasteiger charge is 2.54. The fourth-order valence-electron chi connectivity index (χ4n) is 2.89. The molecule has 0 spiro atoms. The summed E-state index contributed by atoms with van der Waals surface area (Å²) in [6.45, 7) is 0. The van der Waals surface area contributed by atoms with Crippen molar-refractivity contribution < 1.29 is 4.42 Å². The van der Waals surface area contributed by atoms with Crippen LogP contribution < -0.4 is 11.5 Å². The van der Waals surface area contributed by atoms with Gasteiger partial charge < -0.3 is 10.2 Å². The highest BCUT2D eigenvalue weighted by atomic mass is 32.2. The molecule has 6 heteroatoms. The molecule has 2 heterocycles. The maximum absolute atomic E-state index is 11.6. The molecule has 24 heavy (non-hydrogen) atoms. The van der Waals surface area contributed by atoms with E-state index >= 15 is 0 Å². The first kappa shape index (κ1) is 15.1. The predicted octanol–water partition coefficient (Wildman–Crippen LogP) is 2.63. The number of nitrogens with two attached hydrogens (primary N) is 1. The lowest BCUT2D eigenvalue weighted by Crippen LogP contribution is -2.21. The van der Waals surface area contributed by atoms with E-state index in [0.29, 0.717) is 12.0 Å². The van der Waals surface area contributed by atoms with E-state index in [0.717, 1.165) is 22.2 Å². The summed E-state index contributed by atoms with van der Waals surface area (Å²) in [6, 6.07) is 16.1. The Morgan fingerprint density at radius 3 is 2.58 bits per heavy atom. The summed E-state index contributed by atoms with van der Waals surface area (Å²) in [5, 5.41) is 9.17. The molecule has 1 aromatic heterocycles. The summed E-state index contributed by atoms with van der Waals surface area (Å²) in [5.74, 6) is -0.363. The smallest absolute Gasteiger partial charge is 0.408 e. The van der Waals surface area contributed by atoms with Crippen molar-refractivity contribution in [1.82, 2.24) is 4.57 Å². The SMILES string of the molecule is Cn1c(=O)oc2ccc(-c3ccc(C[C@@]4(C#N)SC4N)cc3)cc21. The third-order valence-corrected chi connectivity index (χ3v) is 5.79. The van der Waals surface area contributed by atoms with Gasteiger partial charge in [0, 0.05) is 13.5 Å². The van der Waals surface area contributed by atoms with E-state index in [4.69, 9.17) is 10.2 Å². The monoisotopic (exact) mass is 337 g/mol. The van der Waals surface area contributed by atoms with Crippen molar-refractivity contribution in [3.05, 3.63) is 58.6 Å². The normalized spacial score (nSPS) is 22.5. The number of aromatic nitrogens is 1. The van der Waals surface area contributed by atoms with Crippen molar-refractivity contribution in [3.63, 3.8) is 0 Å². The van der Waals surface area contributed by atoms with Crippen LogP contribution in [0.1, 0.15) is 5.56 Å². The van der Waals surface area contributed by atoms with Gasteiger partial charge in [0.2, 0.25) is 0 Å². The average molecular weight is 337 g/mol. The minimum atomic E-state index is -0.463. The van der Waals surface area contributed by atoms with Gasteiger partial charge in [0.1, 0.15) is 4.75 Å². The van der Waals surface area contributed by atoms with Crippen LogP contribution in [-0.2, 0) is 13.5 Å². The summed E-state index contributed by atoms with van der Waals surface area (Å²) in [5.41, 5.74) is 10.4. The molecule has 1 unspecified atom stereocenters. The van der Waals surface area contributed by atoms with Crippen LogP contribution in [0.25, 0.3) is 22.2 Å². The van der Waals surface area contributed by atoms with Gasteiger partial charge in [0.15, 0.2) is 5.58 Å². The van der Waals surface area contributed by atoms with E-state index < -0.39 is 4.75 Å². The number of hydrogen-bond acceptors (Lipinski definition) is 5. The number of benzene rings is 2. The van der Waals surface area contributed by atoms with Gasteiger partial charge in [0.25, 0.3) is 0 Å². The van der Waals surface area contributed by atoms with Gasteiger partial charge in [-0.25, -0.2) is 4.79 Å². The summed E-state index contributed by atoms with van der Waals surface area (Å²) >= 11 is 1.51. The fraction of sp³-hybridized carbons (Fsp3) is 0.222. The molecule has 1 saturated heterocycles. The third kappa shape index (κ3) is 2.33. The first-order valence-electron chi connectivity index (χ1n) is 7.56. The maximum atomic E-state index is 11.6. The lowest BCUT2D eigenvalue weighted by molar-refractivity contribution is 0.528. The number of thioether (sulfide) groups is 1. The molecule has 2 atom stereocenters. The number of hydrogen-bond donors (Lipinski definition) is 1. The summed E-state index contributed by atoms with van der Waals surface area (Å²) in [4.78, 5) is 11.6. The Morgan fingerprint density at radius 2 is 1.96 bits per heavy atom. The Bertz CT molecular complexity index is 1030. The number of aryl methyl sites for hydroxylation is 1. The predicted molar refractivity (Wildman–Crippen MR) is 94.5 cm³/mol. The van der Waals surface area contributed by atoms with Crippen LogP contribution in [0, 0.1) is 11.3 Å². The van der Waals surface area contributed by atoms with Crippen LogP contribution >= 0.6 is 11.8 Å². The number of nitriles is 1. The molecular formula is C18H15N3O2S. The molecule has 4 rings (SSSR count). The molecule has 0 saturated carbocycles. The van der Waals surface area contributed by atoms with Crippen LogP contribution in [0.15, 0.2) is 51.7 Å². The van der Waals surface area contributed by atoms with Crippen molar-refractivity contribution >= 4 is 22.9 Å². The van der Waals surface area contributed by atoms with Gasteiger partial charge in [-0.05, 0) is 28.8 Å². The minimum absolute atomic E-state index is 0.0908. The summed E-state index contributed by atoms with van der Waals surface area (Å²) in [7, 11) is 1.69. The minimum Gasteiger partial charge on any atom is -0.408 e. The molecule has 3 aromatic rings. The van der Waals surface area contributed by atoms with Gasteiger partial charge in [-0.2, -0.15) is 5.26 Å². The van der Waals surface area contributed by atoms with Gasteiger partial charge in [0.05, 0.1) is 17.0 Å². The lowest BCUT2D eigenvalue weighted by Gasteiger charge is -2.07. The van der Waals surface area contributed by atoms with Crippen LogP contribution in [0.5, 0.6) is 0 Å². The van der Waals surface area contributed by atoms with Gasteiger partial charge >= 0.3 is 5.76 Å². The van der Waals surface area contributed by atoms with E-state index in [9.17, 15) is 10.1 Å². The highest BCUT2D eigenvalue weighted by Crippen LogP contribution is 2.51. The van der Waals surface area contributed by atoms with E-state index in [1.54, 1.807) is 7.05 Å². The molecule has 2 aromatic carbocycles. The second-order valence-corrected chi connectivity index (χ2v) is 7.50. The zero-order chi connectivity index (χ0) is 16.9. The third-order valence-electron chi connectivity index (χ3n) is 4.47. The first-order valence-corrected chi connectivity index (χ1v) is 8.44. The molecule has 1 aliphatic rings. The van der Waals surface area contributed by atoms with Crippen LogP contribution in [0.2, 0.25) is 0 Å². The molecule has 0 aliphatic carbocycles. The van der Waals surface area contributed by atoms with Crippen molar-refractivity contribution in [3.8, 4) is 17.2 Å². The molecule has 120 valence electrons. The maximum Gasteiger partial charge on any atom is 0.419 e. The second-order valence-electron chi connectivity index (χ2n) is 6.02. The Labute approximate surface area is 142 Å². The number of oxazole rings is 1. The zero-order valence-corrected chi connectivity index (χ0v) is 13.8. The van der Waals surface area contributed by atoms with E-state index in [1.807, 2.05) is 42.5 Å². The topological polar surface area (TPSA) is 85.0 Å². The lowest BCUT2D eigenvalue weighted by atomic mass is 9.97. The summed E-state index contributed by atoms with van der Waals surface area (Å²) in [6.07, 6.45) is 0.658. The van der Waals surface area contributed by atoms with E-state index in [-0.39, 0.29) is 11.1 Å². The van der Waals surface area contributed by atoms with E-state index in [2.05, 4.69) is 6.07 Å². The van der Waals surface area contributed by atoms with E-state index in [1.165, 1.54) is 16.3 Å². The average Bonchev–Trinajstić information content (AvgIpc) is 3.15. The second kappa shape index (κ2) is 5.26. The fourth-order valence-corrected chi connectivity index (χ4v) is 3.71. The van der Waals surface area contributed by atoms with Crippen molar-refractivity contribution in [2.24, 2.45) is 12.8 Å². The number of fused-ring (bicyclic) bond motifs is 1. The molecular weight excluding hydrogens is 322 g/mol. The first-order chi connectivity index (χ1) is 11.5. The van der Waals surface area contributed by atoms with Crippen molar-refractivity contribution in [1.29, 1.82) is 5.26 Å². The van der Waals surface area contributed by atoms with Crippen LogP contribution in [-0.4, -0.2) is 14.7 Å². The number of rotatable bonds is 3. The molecule has 0 amide bonds. The molecule has 5 nitrogen and oxygen atoms in total. The molecule has 1 aliphatic heterocycles. The Balaban J connectivity index is 1.64. The Hall–Kier alpha value is -2.49. The van der Waals surface area contributed by atoms with Gasteiger partial charge in [-0.1, -0.05) is 30.3 Å². The number of nitrogens with zero attached hydrogens (tertiary/aromatic N) is 2. The quantitative estimate of drug-likeness (QED) is 0.743. The van der Waals surface area contributed by atoms with Crippen molar-refractivity contribution in [2.45, 2.75) is 16.5 Å². The largest absolute Gasteiger partial charge is 0.419 e. The van der Waals surface area contributed by atoms with Gasteiger partial charge in [-0.15, -0.1) is 11.8 Å². The molecule has 0 radical (unpaired) electrons. The molecule has 1 fully saturated rings. The van der Waals surface area contributed by atoms with Crippen molar-refractivity contribution in [2.75, 3.05) is 0 Å². The van der Waals surface area contributed by atoms with Gasteiger partial charge in [-0.3, -0.25) is 4.57 Å². The molecule has 0 bridgehead atoms. The highest BCUT2D eigenvalue weighted by molar-refractivity contribution is 8.09. The standard InChI is InChI=1S/C18H15N3O2S/c1-21-14-8-13(6-7-15(14)23-17(21)22)12-4-2-11(3-5-12)9-18(10-19)16(20)24-18/h2-8,16H,9,20H2,1H3/t16?,18-/m0/s1. The van der Waals surface area contributed by atoms with Crippen LogP contribution in [0.4, 0.5) is 0 Å². The Morgan fingerprint density at radius 1 is 1.29 bits per heavy atom. The zero-order valence-electron chi connectivity index (χ0n) is 13.0. The summed E-state index contributed by atoms with van der Waals surface area (Å²) < 4.78 is 6.19. The molecule has 2 N–H and O–H groups in total. The van der Waals surface area contributed by atoms with Crippen LogP contribution in [0.3, 0.4) is 0 Å².